The summed E-state index contributed by atoms with van der Waals surface area (Å²) in [7, 11) is -2.67. The highest BCUT2D eigenvalue weighted by atomic mass is 28.3. The number of rotatable bonds is 6. The molecule has 0 fully saturated rings. The number of fused-ring (bicyclic) bond motifs is 3. The van der Waals surface area contributed by atoms with Crippen molar-refractivity contribution in [3.05, 3.63) is 145 Å². The lowest BCUT2D eigenvalue weighted by atomic mass is 9.88. The van der Waals surface area contributed by atoms with Crippen LogP contribution in [0.25, 0.3) is 28.2 Å². The van der Waals surface area contributed by atoms with Crippen molar-refractivity contribution >= 4 is 28.8 Å². The zero-order valence-corrected chi connectivity index (χ0v) is 25.8. The molecule has 0 aliphatic carbocycles. The second kappa shape index (κ2) is 10.4. The molecule has 1 aliphatic rings. The lowest BCUT2D eigenvalue weighted by Gasteiger charge is -2.34. The second-order valence-corrected chi connectivity index (χ2v) is 15.7. The summed E-state index contributed by atoms with van der Waals surface area (Å²) in [4.78, 5) is 4.93. The van der Waals surface area contributed by atoms with E-state index < -0.39 is 8.07 Å². The van der Waals surface area contributed by atoms with Crippen molar-refractivity contribution in [2.75, 3.05) is 0 Å². The summed E-state index contributed by atoms with van der Waals surface area (Å²) in [6, 6.07) is 45.0. The molecule has 1 aliphatic heterocycles. The Balaban J connectivity index is 1.71. The Kier molecular flexibility index (Phi) is 6.55. The van der Waals surface area contributed by atoms with Crippen LogP contribution in [0.3, 0.4) is 0 Å². The minimum Gasteiger partial charge on any atom is -0.299 e. The van der Waals surface area contributed by atoms with E-state index in [0.717, 1.165) is 11.4 Å². The standard InChI is InChI=1S/C39H36N2Si/c1-27(2)33-26-34(28(3)4)38-36(37(33)41-25-24-40-39(41)29-16-8-5-9-17-29)32-22-14-15-23-35(32)42(38,30-18-10-6-11-19-30)31-20-12-7-13-21-31/h5-28H,1-4H3. The molecule has 42 heavy (non-hydrogen) atoms. The largest absolute Gasteiger partial charge is 0.299 e. The van der Waals surface area contributed by atoms with Crippen LogP contribution in [-0.2, 0) is 0 Å². The Bertz CT molecular complexity index is 1830. The van der Waals surface area contributed by atoms with Crippen LogP contribution in [0.2, 0.25) is 0 Å². The van der Waals surface area contributed by atoms with Crippen LogP contribution >= 0.6 is 0 Å². The lowest BCUT2D eigenvalue weighted by Crippen LogP contribution is -2.73. The molecular formula is C39H36N2Si. The molecule has 0 bridgehead atoms. The number of imidazole rings is 1. The molecule has 2 nitrogen and oxygen atoms in total. The monoisotopic (exact) mass is 560 g/mol. The predicted octanol–water partition coefficient (Wildman–Crippen LogP) is 7.14. The molecule has 0 atom stereocenters. The van der Waals surface area contributed by atoms with Crippen molar-refractivity contribution in [3.63, 3.8) is 0 Å². The third-order valence-electron chi connectivity index (χ3n) is 8.91. The first-order valence-corrected chi connectivity index (χ1v) is 17.0. The Hall–Kier alpha value is -4.47. The third-order valence-corrected chi connectivity index (χ3v) is 13.8. The Morgan fingerprint density at radius 1 is 0.619 bits per heavy atom. The molecule has 0 saturated heterocycles. The van der Waals surface area contributed by atoms with E-state index in [2.05, 4.69) is 160 Å². The highest BCUT2D eigenvalue weighted by molar-refractivity contribution is 7.22. The number of aromatic nitrogens is 2. The van der Waals surface area contributed by atoms with Crippen molar-refractivity contribution in [1.82, 2.24) is 9.55 Å². The molecule has 0 unspecified atom stereocenters. The van der Waals surface area contributed by atoms with E-state index in [-0.39, 0.29) is 0 Å². The molecule has 0 radical (unpaired) electrons. The van der Waals surface area contributed by atoms with Gasteiger partial charge in [-0.05, 0) is 49.3 Å². The number of hydrogen-bond acceptors (Lipinski definition) is 1. The maximum absolute atomic E-state index is 4.93. The summed E-state index contributed by atoms with van der Waals surface area (Å²) >= 11 is 0. The second-order valence-electron chi connectivity index (χ2n) is 12.0. The lowest BCUT2D eigenvalue weighted by molar-refractivity contribution is 0.826. The average Bonchev–Trinajstić information content (AvgIpc) is 3.64. The maximum Gasteiger partial charge on any atom is 0.181 e. The molecule has 1 aromatic heterocycles. The first kappa shape index (κ1) is 26.4. The zero-order chi connectivity index (χ0) is 28.8. The van der Waals surface area contributed by atoms with Gasteiger partial charge in [0.1, 0.15) is 5.82 Å². The third kappa shape index (κ3) is 3.88. The van der Waals surface area contributed by atoms with Gasteiger partial charge in [0.15, 0.2) is 8.07 Å². The van der Waals surface area contributed by atoms with Crippen molar-refractivity contribution in [1.29, 1.82) is 0 Å². The van der Waals surface area contributed by atoms with Gasteiger partial charge in [-0.25, -0.2) is 4.98 Å². The Morgan fingerprint density at radius 2 is 1.17 bits per heavy atom. The van der Waals surface area contributed by atoms with Gasteiger partial charge in [-0.2, -0.15) is 0 Å². The fourth-order valence-corrected chi connectivity index (χ4v) is 12.7. The van der Waals surface area contributed by atoms with Crippen LogP contribution in [0.1, 0.15) is 50.7 Å². The summed E-state index contributed by atoms with van der Waals surface area (Å²) in [5, 5.41) is 5.87. The van der Waals surface area contributed by atoms with Gasteiger partial charge in [-0.1, -0.05) is 149 Å². The molecule has 206 valence electrons. The summed E-state index contributed by atoms with van der Waals surface area (Å²) in [6.45, 7) is 9.39. The summed E-state index contributed by atoms with van der Waals surface area (Å²) in [6.07, 6.45) is 4.11. The van der Waals surface area contributed by atoms with Crippen LogP contribution < -0.4 is 20.7 Å². The molecule has 5 aromatic carbocycles. The van der Waals surface area contributed by atoms with Gasteiger partial charge in [0.25, 0.3) is 0 Å². The number of benzene rings is 5. The minimum absolute atomic E-state index is 0.339. The molecule has 0 saturated carbocycles. The summed E-state index contributed by atoms with van der Waals surface area (Å²) < 4.78 is 2.37. The molecular weight excluding hydrogens is 525 g/mol. The van der Waals surface area contributed by atoms with Gasteiger partial charge in [0.2, 0.25) is 0 Å². The van der Waals surface area contributed by atoms with Crippen LogP contribution in [0.15, 0.2) is 134 Å². The number of nitrogens with zero attached hydrogens (tertiary/aromatic N) is 2. The molecule has 6 aromatic rings. The normalized spacial score (nSPS) is 13.4. The van der Waals surface area contributed by atoms with E-state index in [0.29, 0.717) is 11.8 Å². The molecule has 2 heterocycles. The highest BCUT2D eigenvalue weighted by Gasteiger charge is 2.51. The van der Waals surface area contributed by atoms with Gasteiger partial charge >= 0.3 is 0 Å². The van der Waals surface area contributed by atoms with Gasteiger partial charge < -0.3 is 0 Å². The molecule has 3 heteroatoms. The van der Waals surface area contributed by atoms with E-state index in [9.17, 15) is 0 Å². The topological polar surface area (TPSA) is 17.8 Å². The van der Waals surface area contributed by atoms with E-state index >= 15 is 0 Å². The van der Waals surface area contributed by atoms with Crippen LogP contribution in [0.5, 0.6) is 0 Å². The molecule has 0 N–H and O–H groups in total. The summed E-state index contributed by atoms with van der Waals surface area (Å²) in [5.74, 6) is 1.69. The first-order chi connectivity index (χ1) is 20.5. The van der Waals surface area contributed by atoms with Gasteiger partial charge in [-0.15, -0.1) is 0 Å². The molecule has 0 amide bonds. The fourth-order valence-electron chi connectivity index (χ4n) is 7.13. The van der Waals surface area contributed by atoms with Gasteiger partial charge in [0, 0.05) is 23.5 Å². The Labute approximate surface area is 250 Å². The van der Waals surface area contributed by atoms with Crippen molar-refractivity contribution < 1.29 is 0 Å². The van der Waals surface area contributed by atoms with Crippen molar-refractivity contribution in [2.45, 2.75) is 39.5 Å². The van der Waals surface area contributed by atoms with E-state index in [4.69, 9.17) is 4.98 Å². The SMILES string of the molecule is CC(C)c1cc(C(C)C)c2c(c1-n1ccnc1-c1ccccc1)-c1ccccc1[Si]2(c1ccccc1)c1ccccc1. The fraction of sp³-hybridized carbons (Fsp3) is 0.154. The van der Waals surface area contributed by atoms with Gasteiger partial charge in [0.05, 0.1) is 5.69 Å². The van der Waals surface area contributed by atoms with Crippen molar-refractivity contribution in [3.8, 4) is 28.2 Å². The maximum atomic E-state index is 4.93. The van der Waals surface area contributed by atoms with Crippen LogP contribution in [0, 0.1) is 0 Å². The highest BCUT2D eigenvalue weighted by Crippen LogP contribution is 2.41. The van der Waals surface area contributed by atoms with Crippen molar-refractivity contribution in [2.24, 2.45) is 0 Å². The minimum atomic E-state index is -2.67. The zero-order valence-electron chi connectivity index (χ0n) is 24.8. The molecule has 0 spiro atoms. The Morgan fingerprint density at radius 3 is 1.76 bits per heavy atom. The molecule has 7 rings (SSSR count). The van der Waals surface area contributed by atoms with Crippen LogP contribution in [-0.4, -0.2) is 17.6 Å². The van der Waals surface area contributed by atoms with E-state index in [1.807, 2.05) is 6.20 Å². The average molecular weight is 561 g/mol. The van der Waals surface area contributed by atoms with Crippen LogP contribution in [0.4, 0.5) is 0 Å². The summed E-state index contributed by atoms with van der Waals surface area (Å²) in [5.41, 5.74) is 7.98. The van der Waals surface area contributed by atoms with Gasteiger partial charge in [-0.3, -0.25) is 4.57 Å². The number of hydrogen-bond donors (Lipinski definition) is 0. The van der Waals surface area contributed by atoms with E-state index in [1.54, 1.807) is 0 Å². The predicted molar refractivity (Wildman–Crippen MR) is 180 cm³/mol. The van der Waals surface area contributed by atoms with E-state index in [1.165, 1.54) is 48.7 Å². The smallest absolute Gasteiger partial charge is 0.181 e. The first-order valence-electron chi connectivity index (χ1n) is 15.0. The quantitative estimate of drug-likeness (QED) is 0.198.